The van der Waals surface area contributed by atoms with Crippen LogP contribution in [0.4, 0.5) is 34.1 Å². The molecule has 0 spiro atoms. The molecule has 0 aliphatic heterocycles. The summed E-state index contributed by atoms with van der Waals surface area (Å²) >= 11 is 0. The number of para-hydroxylation sites is 12. The fourth-order valence-corrected chi connectivity index (χ4v) is 22.3. The number of rotatable bonds is 13. The van der Waals surface area contributed by atoms with E-state index in [1.54, 1.807) is 0 Å². The van der Waals surface area contributed by atoms with Crippen LogP contribution in [-0.2, 0) is 0 Å². The molecule has 30 rings (SSSR count). The van der Waals surface area contributed by atoms with Crippen molar-refractivity contribution in [3.8, 4) is 67.4 Å². The molecular formula is C135H85N7O3. The first-order valence-corrected chi connectivity index (χ1v) is 49.2. The van der Waals surface area contributed by atoms with E-state index in [4.69, 9.17) is 28.2 Å². The standard InChI is InChI=1S/C55H33N3O.C43H28N2O.C37H24N2O/c1-3-15-34(16-4-1)54-44-33-50(55-53(41-22-10-14-26-51(41)59-55)52(44)40-21-7-11-23-45(40)56-54)58-47-25-13-9-20-39(47)43-32-36(28-30-49(43)58)35-27-29-48-42(31-35)38-19-8-12-24-46(38)57(48)37-17-5-2-6-18-37;1-4-14-29(15-5-1)30-24-26-33(27-25-30)45(32-18-8-3-9-19-32)38-28-36-40(41-35-21-11-13-23-39(35)46-43(38)41)34-20-10-12-22-37(34)44-42(36)31-16-6-2-7-17-31;1-4-14-25(15-5-1)36-30-24-32(39(26-16-6-2-7-17-26)27-18-8-3-9-19-27)37-35(29-21-11-13-23-33(29)40-37)34(30)28-20-10-12-22-31(28)38-36/h1-33H;1-28H;1-24H. The van der Waals surface area contributed by atoms with Crippen molar-refractivity contribution in [2.24, 2.45) is 0 Å². The van der Waals surface area contributed by atoms with Crippen molar-refractivity contribution in [1.29, 1.82) is 0 Å². The van der Waals surface area contributed by atoms with Crippen LogP contribution in [0, 0.1) is 0 Å². The highest BCUT2D eigenvalue weighted by Crippen LogP contribution is 2.54. The lowest BCUT2D eigenvalue weighted by Gasteiger charge is -2.26. The van der Waals surface area contributed by atoms with Crippen molar-refractivity contribution >= 4 is 209 Å². The second kappa shape index (κ2) is 34.8. The second-order valence-electron chi connectivity index (χ2n) is 37.0. The average Bonchev–Trinajstić information content (AvgIpc) is 1.47. The van der Waals surface area contributed by atoms with E-state index in [0.29, 0.717) is 0 Å². The fourth-order valence-electron chi connectivity index (χ4n) is 22.3. The molecule has 0 saturated heterocycles. The molecular weight excluding hydrogens is 1770 g/mol. The van der Waals surface area contributed by atoms with Gasteiger partial charge in [0.05, 0.1) is 72.8 Å². The van der Waals surface area contributed by atoms with Gasteiger partial charge >= 0.3 is 0 Å². The van der Waals surface area contributed by atoms with E-state index in [1.165, 1.54) is 54.8 Å². The van der Waals surface area contributed by atoms with Gasteiger partial charge < -0.3 is 32.2 Å². The van der Waals surface area contributed by atoms with Gasteiger partial charge in [-0.3, -0.25) is 0 Å². The summed E-state index contributed by atoms with van der Waals surface area (Å²) in [6, 6.07) is 182. The topological polar surface area (TPSA) is 94.4 Å². The zero-order chi connectivity index (χ0) is 95.5. The minimum absolute atomic E-state index is 0.847. The number of hydrogen-bond acceptors (Lipinski definition) is 8. The van der Waals surface area contributed by atoms with Gasteiger partial charge in [0.2, 0.25) is 0 Å². The van der Waals surface area contributed by atoms with Crippen LogP contribution in [0.1, 0.15) is 0 Å². The maximum atomic E-state index is 6.97. The normalized spacial score (nSPS) is 11.7. The first-order chi connectivity index (χ1) is 72.0. The highest BCUT2D eigenvalue weighted by atomic mass is 16.3. The van der Waals surface area contributed by atoms with Gasteiger partial charge in [-0.1, -0.05) is 364 Å². The van der Waals surface area contributed by atoms with Crippen molar-refractivity contribution in [2.75, 3.05) is 9.80 Å². The van der Waals surface area contributed by atoms with Crippen LogP contribution in [0.5, 0.6) is 0 Å². The molecule has 0 atom stereocenters. The maximum absolute atomic E-state index is 6.97. The molecule has 30 aromatic rings. The Morgan fingerprint density at radius 1 is 0.172 bits per heavy atom. The molecule has 10 heteroatoms. The van der Waals surface area contributed by atoms with Gasteiger partial charge in [-0.2, -0.15) is 0 Å². The molecule has 8 aromatic heterocycles. The van der Waals surface area contributed by atoms with Crippen LogP contribution < -0.4 is 9.80 Å². The Kier molecular flexibility index (Phi) is 20.1. The maximum Gasteiger partial charge on any atom is 0.160 e. The quantitative estimate of drug-likeness (QED) is 0.105. The molecule has 145 heavy (non-hydrogen) atoms. The summed E-state index contributed by atoms with van der Waals surface area (Å²) in [6.07, 6.45) is 0. The summed E-state index contributed by atoms with van der Waals surface area (Å²) < 4.78 is 25.3. The lowest BCUT2D eigenvalue weighted by molar-refractivity contribution is 0.666. The van der Waals surface area contributed by atoms with Gasteiger partial charge in [-0.25, -0.2) is 15.0 Å². The minimum Gasteiger partial charge on any atom is -0.454 e. The zero-order valence-corrected chi connectivity index (χ0v) is 78.4. The molecule has 0 unspecified atom stereocenters. The molecule has 0 fully saturated rings. The summed E-state index contributed by atoms with van der Waals surface area (Å²) in [5.41, 5.74) is 31.8. The summed E-state index contributed by atoms with van der Waals surface area (Å²) in [7, 11) is 0. The Bertz CT molecular complexity index is 10300. The largest absolute Gasteiger partial charge is 0.454 e. The highest BCUT2D eigenvalue weighted by molar-refractivity contribution is 6.34. The molecule has 0 radical (unpaired) electrons. The van der Waals surface area contributed by atoms with Crippen LogP contribution in [-0.4, -0.2) is 24.1 Å². The third-order valence-electron chi connectivity index (χ3n) is 28.7. The Balaban J connectivity index is 0.000000108. The number of benzene rings is 22. The van der Waals surface area contributed by atoms with E-state index < -0.39 is 0 Å². The first-order valence-electron chi connectivity index (χ1n) is 49.2. The summed E-state index contributed by atoms with van der Waals surface area (Å²) in [5.74, 6) is 0. The summed E-state index contributed by atoms with van der Waals surface area (Å²) in [6.45, 7) is 0. The van der Waals surface area contributed by atoms with Crippen LogP contribution >= 0.6 is 0 Å². The number of anilines is 6. The number of hydrogen-bond donors (Lipinski definition) is 0. The van der Waals surface area contributed by atoms with Gasteiger partial charge in [-0.05, 0) is 174 Å². The second-order valence-corrected chi connectivity index (χ2v) is 37.0. The van der Waals surface area contributed by atoms with E-state index in [9.17, 15) is 0 Å². The molecule has 0 aliphatic rings. The molecule has 0 amide bonds. The first kappa shape index (κ1) is 83.6. The molecule has 0 bridgehead atoms. The average molecular weight is 1850 g/mol. The zero-order valence-electron chi connectivity index (χ0n) is 78.4. The van der Waals surface area contributed by atoms with E-state index in [2.05, 4.69) is 504 Å². The van der Waals surface area contributed by atoms with Crippen molar-refractivity contribution in [3.05, 3.63) is 516 Å². The number of nitrogens with zero attached hydrogens (tertiary/aromatic N) is 7. The lowest BCUT2D eigenvalue weighted by Crippen LogP contribution is -2.10. The number of fused-ring (bicyclic) bond motifs is 27. The Morgan fingerprint density at radius 2 is 0.448 bits per heavy atom. The van der Waals surface area contributed by atoms with Gasteiger partial charge in [0.25, 0.3) is 0 Å². The van der Waals surface area contributed by atoms with Crippen LogP contribution in [0.15, 0.2) is 529 Å². The Labute approximate surface area is 832 Å². The monoisotopic (exact) mass is 1850 g/mol. The van der Waals surface area contributed by atoms with Crippen molar-refractivity contribution in [3.63, 3.8) is 0 Å². The predicted octanol–water partition coefficient (Wildman–Crippen LogP) is 37.3. The number of aromatic nitrogens is 5. The van der Waals surface area contributed by atoms with E-state index >= 15 is 0 Å². The lowest BCUT2D eigenvalue weighted by atomic mass is 9.95. The van der Waals surface area contributed by atoms with Crippen molar-refractivity contribution in [1.82, 2.24) is 24.1 Å². The van der Waals surface area contributed by atoms with E-state index in [1.807, 2.05) is 30.3 Å². The van der Waals surface area contributed by atoms with Gasteiger partial charge in [0, 0.05) is 147 Å². The number of pyridine rings is 3. The summed E-state index contributed by atoms with van der Waals surface area (Å²) in [4.78, 5) is 20.5. The van der Waals surface area contributed by atoms with Crippen molar-refractivity contribution in [2.45, 2.75) is 0 Å². The van der Waals surface area contributed by atoms with E-state index in [0.717, 1.165) is 221 Å². The molecule has 10 nitrogen and oxygen atoms in total. The molecule has 0 aliphatic carbocycles. The van der Waals surface area contributed by atoms with Crippen LogP contribution in [0.25, 0.3) is 242 Å². The Hall–Kier alpha value is -19.6. The van der Waals surface area contributed by atoms with Gasteiger partial charge in [-0.15, -0.1) is 0 Å². The third-order valence-corrected chi connectivity index (χ3v) is 28.7. The SMILES string of the molecule is c1ccc(-c2ccc(N(c3ccccc3)c3cc4c(-c5ccccc5)nc5ccccc5c4c4c3oc3ccccc34)cc2)cc1.c1ccc(-c2nc3ccccc3c3c2cc(-n2c4ccccc4c4cc(-c5ccc6c(c5)c5ccccc5n6-c5ccccc5)ccc42)c2oc4ccccc4c23)cc1.c1ccc(-c2nc3ccccc3c3c2cc(N(c2ccccc2)c2ccccc2)c2oc4ccccc4c23)cc1. The summed E-state index contributed by atoms with van der Waals surface area (Å²) in [5, 5.41) is 21.5. The van der Waals surface area contributed by atoms with Gasteiger partial charge in [0.1, 0.15) is 16.7 Å². The van der Waals surface area contributed by atoms with Gasteiger partial charge in [0.15, 0.2) is 16.7 Å². The minimum atomic E-state index is 0.847. The highest BCUT2D eigenvalue weighted by Gasteiger charge is 2.31. The Morgan fingerprint density at radius 3 is 0.848 bits per heavy atom. The molecule has 0 N–H and O–H groups in total. The third kappa shape index (κ3) is 14.0. The molecule has 22 aromatic carbocycles. The van der Waals surface area contributed by atoms with Crippen molar-refractivity contribution < 1.29 is 13.3 Å². The molecule has 678 valence electrons. The van der Waals surface area contributed by atoms with Crippen LogP contribution in [0.2, 0.25) is 0 Å². The smallest absolute Gasteiger partial charge is 0.160 e. The predicted molar refractivity (Wildman–Crippen MR) is 605 cm³/mol. The molecule has 0 saturated carbocycles. The van der Waals surface area contributed by atoms with Crippen LogP contribution in [0.3, 0.4) is 0 Å². The molecule has 8 heterocycles. The van der Waals surface area contributed by atoms with E-state index in [-0.39, 0.29) is 0 Å². The fraction of sp³-hybridized carbons (Fsp3) is 0. The number of furan rings is 3.